The molecular weight excluding hydrogens is 352 g/mol. The van der Waals surface area contributed by atoms with Crippen LogP contribution in [0.1, 0.15) is 27.7 Å². The monoisotopic (exact) mass is 376 g/mol. The van der Waals surface area contributed by atoms with Crippen molar-refractivity contribution in [3.05, 3.63) is 71.5 Å². The molecule has 6 nitrogen and oxygen atoms in total. The molecule has 1 aliphatic heterocycles. The second kappa shape index (κ2) is 7.48. The van der Waals surface area contributed by atoms with E-state index in [-0.39, 0.29) is 17.9 Å². The van der Waals surface area contributed by atoms with Gasteiger partial charge < -0.3 is 20.4 Å². The fourth-order valence-corrected chi connectivity index (χ4v) is 3.75. The largest absolute Gasteiger partial charge is 0.497 e. The summed E-state index contributed by atoms with van der Waals surface area (Å²) in [6, 6.07) is 17.6. The van der Waals surface area contributed by atoms with Gasteiger partial charge in [-0.1, -0.05) is 42.5 Å². The SMILES string of the molecule is COc1ccc([C@H]2CN(C(=O)c3nc(-c4ccccc4)[nH]c3C)C[C@@H]2N)cc1. The molecule has 28 heavy (non-hydrogen) atoms. The zero-order valence-electron chi connectivity index (χ0n) is 16.1. The molecule has 0 bridgehead atoms. The van der Waals surface area contributed by atoms with Crippen molar-refractivity contribution in [1.29, 1.82) is 0 Å². The average molecular weight is 376 g/mol. The minimum Gasteiger partial charge on any atom is -0.497 e. The van der Waals surface area contributed by atoms with Gasteiger partial charge in [-0.05, 0) is 24.6 Å². The van der Waals surface area contributed by atoms with E-state index < -0.39 is 0 Å². The van der Waals surface area contributed by atoms with Crippen LogP contribution in [0.2, 0.25) is 0 Å². The van der Waals surface area contributed by atoms with Crippen LogP contribution in [0.3, 0.4) is 0 Å². The van der Waals surface area contributed by atoms with Crippen LogP contribution in [0, 0.1) is 6.92 Å². The van der Waals surface area contributed by atoms with Gasteiger partial charge in [-0.15, -0.1) is 0 Å². The highest BCUT2D eigenvalue weighted by molar-refractivity contribution is 5.94. The first-order valence-electron chi connectivity index (χ1n) is 9.37. The van der Waals surface area contributed by atoms with Gasteiger partial charge in [0.1, 0.15) is 17.3 Å². The maximum absolute atomic E-state index is 13.1. The highest BCUT2D eigenvalue weighted by Crippen LogP contribution is 2.29. The fraction of sp³-hybridized carbons (Fsp3) is 0.273. The van der Waals surface area contributed by atoms with Crippen LogP contribution < -0.4 is 10.5 Å². The lowest BCUT2D eigenvalue weighted by Gasteiger charge is -2.16. The number of amides is 1. The van der Waals surface area contributed by atoms with E-state index in [1.165, 1.54) is 0 Å². The van der Waals surface area contributed by atoms with Crippen molar-refractivity contribution < 1.29 is 9.53 Å². The number of H-pyrrole nitrogens is 1. The number of nitrogens with two attached hydrogens (primary N) is 1. The Morgan fingerprint density at radius 3 is 2.54 bits per heavy atom. The molecule has 2 heterocycles. The minimum absolute atomic E-state index is 0.0811. The molecule has 2 aromatic carbocycles. The number of nitrogens with zero attached hydrogens (tertiary/aromatic N) is 2. The van der Waals surface area contributed by atoms with Crippen molar-refractivity contribution in [2.45, 2.75) is 18.9 Å². The molecule has 3 aromatic rings. The number of benzene rings is 2. The summed E-state index contributed by atoms with van der Waals surface area (Å²) in [5.41, 5.74) is 9.67. The fourth-order valence-electron chi connectivity index (χ4n) is 3.75. The molecular formula is C22H24N4O2. The zero-order chi connectivity index (χ0) is 19.7. The molecule has 1 amide bonds. The predicted octanol–water partition coefficient (Wildman–Crippen LogP) is 2.96. The third kappa shape index (κ3) is 3.39. The first-order chi connectivity index (χ1) is 13.6. The molecule has 1 fully saturated rings. The molecule has 4 rings (SSSR count). The molecule has 0 radical (unpaired) electrons. The summed E-state index contributed by atoms with van der Waals surface area (Å²) in [5, 5.41) is 0. The lowest BCUT2D eigenvalue weighted by Crippen LogP contribution is -2.32. The van der Waals surface area contributed by atoms with E-state index in [2.05, 4.69) is 9.97 Å². The number of methoxy groups -OCH3 is 1. The van der Waals surface area contributed by atoms with Crippen molar-refractivity contribution in [3.63, 3.8) is 0 Å². The maximum Gasteiger partial charge on any atom is 0.274 e. The molecule has 2 atom stereocenters. The number of hydrogen-bond acceptors (Lipinski definition) is 4. The Bertz CT molecular complexity index is 966. The average Bonchev–Trinajstić information content (AvgIpc) is 3.31. The summed E-state index contributed by atoms with van der Waals surface area (Å²) < 4.78 is 5.22. The number of rotatable bonds is 4. The van der Waals surface area contributed by atoms with Crippen LogP contribution in [0.25, 0.3) is 11.4 Å². The molecule has 144 valence electrons. The Hall–Kier alpha value is -3.12. The van der Waals surface area contributed by atoms with Crippen molar-refractivity contribution in [3.8, 4) is 17.1 Å². The Balaban J connectivity index is 1.53. The number of ether oxygens (including phenoxy) is 1. The zero-order valence-corrected chi connectivity index (χ0v) is 16.1. The Labute approximate surface area is 164 Å². The quantitative estimate of drug-likeness (QED) is 0.733. The molecule has 1 aromatic heterocycles. The van der Waals surface area contributed by atoms with Crippen molar-refractivity contribution in [2.75, 3.05) is 20.2 Å². The number of likely N-dealkylation sites (tertiary alicyclic amines) is 1. The van der Waals surface area contributed by atoms with Gasteiger partial charge in [-0.2, -0.15) is 0 Å². The van der Waals surface area contributed by atoms with E-state index in [4.69, 9.17) is 10.5 Å². The molecule has 0 unspecified atom stereocenters. The smallest absolute Gasteiger partial charge is 0.274 e. The standard InChI is InChI=1S/C22H24N4O2/c1-14-20(25-21(24-14)16-6-4-3-5-7-16)22(27)26-12-18(19(23)13-26)15-8-10-17(28-2)11-9-15/h3-11,18-19H,12-13,23H2,1-2H3,(H,24,25)/t18-,19+/m1/s1. The van der Waals surface area contributed by atoms with E-state index in [0.717, 1.165) is 22.6 Å². The molecule has 1 saturated heterocycles. The van der Waals surface area contributed by atoms with Gasteiger partial charge in [0.2, 0.25) is 0 Å². The number of nitrogens with one attached hydrogen (secondary N) is 1. The highest BCUT2D eigenvalue weighted by Gasteiger charge is 2.35. The van der Waals surface area contributed by atoms with E-state index in [1.54, 1.807) is 12.0 Å². The first kappa shape index (κ1) is 18.3. The predicted molar refractivity (Wildman–Crippen MR) is 108 cm³/mol. The van der Waals surface area contributed by atoms with E-state index in [0.29, 0.717) is 24.6 Å². The van der Waals surface area contributed by atoms with Crippen molar-refractivity contribution >= 4 is 5.91 Å². The number of hydrogen-bond donors (Lipinski definition) is 2. The Morgan fingerprint density at radius 1 is 1.14 bits per heavy atom. The van der Waals surface area contributed by atoms with Crippen LogP contribution in [0.5, 0.6) is 5.75 Å². The summed E-state index contributed by atoms with van der Waals surface area (Å²) in [7, 11) is 1.65. The van der Waals surface area contributed by atoms with Crippen LogP contribution in [0.15, 0.2) is 54.6 Å². The van der Waals surface area contributed by atoms with Gasteiger partial charge in [0.25, 0.3) is 5.91 Å². The van der Waals surface area contributed by atoms with Crippen LogP contribution in [-0.2, 0) is 0 Å². The second-order valence-corrected chi connectivity index (χ2v) is 7.18. The second-order valence-electron chi connectivity index (χ2n) is 7.18. The summed E-state index contributed by atoms with van der Waals surface area (Å²) in [5.74, 6) is 1.53. The van der Waals surface area contributed by atoms with Crippen LogP contribution in [0.4, 0.5) is 0 Å². The Morgan fingerprint density at radius 2 is 1.86 bits per heavy atom. The summed E-state index contributed by atoms with van der Waals surface area (Å²) >= 11 is 0. The minimum atomic E-state index is -0.106. The van der Waals surface area contributed by atoms with Gasteiger partial charge in [-0.25, -0.2) is 4.98 Å². The number of imidazole rings is 1. The van der Waals surface area contributed by atoms with E-state index >= 15 is 0 Å². The van der Waals surface area contributed by atoms with Gasteiger partial charge in [-0.3, -0.25) is 4.79 Å². The third-order valence-corrected chi connectivity index (χ3v) is 5.33. The third-order valence-electron chi connectivity index (χ3n) is 5.33. The molecule has 0 spiro atoms. The van der Waals surface area contributed by atoms with Gasteiger partial charge in [0, 0.05) is 36.3 Å². The number of aromatic amines is 1. The number of aryl methyl sites for hydroxylation is 1. The van der Waals surface area contributed by atoms with Crippen LogP contribution in [-0.4, -0.2) is 47.0 Å². The number of carbonyl (C=O) groups excluding carboxylic acids is 1. The molecule has 1 aliphatic rings. The van der Waals surface area contributed by atoms with E-state index in [1.807, 2.05) is 61.5 Å². The lowest BCUT2D eigenvalue weighted by molar-refractivity contribution is 0.0783. The number of carbonyl (C=O) groups is 1. The number of aromatic nitrogens is 2. The molecule has 0 aliphatic carbocycles. The summed E-state index contributed by atoms with van der Waals surface area (Å²) in [4.78, 5) is 22.7. The molecule has 3 N–H and O–H groups in total. The molecule has 0 saturated carbocycles. The first-order valence-corrected chi connectivity index (χ1v) is 9.37. The Kier molecular flexibility index (Phi) is 4.88. The van der Waals surface area contributed by atoms with Gasteiger partial charge >= 0.3 is 0 Å². The highest BCUT2D eigenvalue weighted by atomic mass is 16.5. The summed E-state index contributed by atoms with van der Waals surface area (Å²) in [6.45, 7) is 2.98. The van der Waals surface area contributed by atoms with E-state index in [9.17, 15) is 4.79 Å². The van der Waals surface area contributed by atoms with Gasteiger partial charge in [0.15, 0.2) is 0 Å². The van der Waals surface area contributed by atoms with Gasteiger partial charge in [0.05, 0.1) is 7.11 Å². The lowest BCUT2D eigenvalue weighted by atomic mass is 9.95. The molecule has 6 heteroatoms. The van der Waals surface area contributed by atoms with Crippen molar-refractivity contribution in [2.24, 2.45) is 5.73 Å². The topological polar surface area (TPSA) is 84.2 Å². The van der Waals surface area contributed by atoms with Crippen molar-refractivity contribution in [1.82, 2.24) is 14.9 Å². The maximum atomic E-state index is 13.1. The summed E-state index contributed by atoms with van der Waals surface area (Å²) in [6.07, 6.45) is 0. The van der Waals surface area contributed by atoms with Crippen LogP contribution >= 0.6 is 0 Å². The normalized spacial score (nSPS) is 19.0.